The summed E-state index contributed by atoms with van der Waals surface area (Å²) in [5.74, 6) is 0. The number of nitrogens with one attached hydrogen (secondary N) is 1. The summed E-state index contributed by atoms with van der Waals surface area (Å²) in [7, 11) is 0. The Morgan fingerprint density at radius 1 is 1.50 bits per heavy atom. The molecule has 1 aromatic heterocycles. The predicted molar refractivity (Wildman–Crippen MR) is 68.7 cm³/mol. The van der Waals surface area contributed by atoms with Crippen molar-refractivity contribution < 1.29 is 14.3 Å². The molecule has 0 fully saturated rings. The van der Waals surface area contributed by atoms with Crippen molar-refractivity contribution in [3.63, 3.8) is 0 Å². The topological polar surface area (TPSA) is 62.5 Å². The van der Waals surface area contributed by atoms with E-state index in [0.29, 0.717) is 13.0 Å². The number of carboxylic acid groups (broad SMARTS) is 1. The second-order valence-corrected chi connectivity index (χ2v) is 4.63. The molecule has 0 aliphatic heterocycles. The first-order chi connectivity index (χ1) is 7.66. The fraction of sp³-hybridized carbons (Fsp3) is 0.182. The number of fused-ring (bicyclic) bond motifs is 1. The summed E-state index contributed by atoms with van der Waals surface area (Å²) in [5, 5.41) is 11.9. The van der Waals surface area contributed by atoms with Crippen LogP contribution < -0.4 is 5.32 Å². The molecule has 0 saturated heterocycles. The minimum Gasteiger partial charge on any atom is -0.465 e. The fourth-order valence-corrected chi connectivity index (χ4v) is 2.04. The second kappa shape index (κ2) is 4.73. The fourth-order valence-electron chi connectivity index (χ4n) is 1.55. The Labute approximate surface area is 106 Å². The van der Waals surface area contributed by atoms with Gasteiger partial charge in [0.1, 0.15) is 5.58 Å². The summed E-state index contributed by atoms with van der Waals surface area (Å²) in [6.07, 6.45) is 1.33. The maximum atomic E-state index is 10.3. The van der Waals surface area contributed by atoms with Crippen LogP contribution in [0.15, 0.2) is 28.9 Å². The lowest BCUT2D eigenvalue weighted by molar-refractivity contribution is 0.194. The summed E-state index contributed by atoms with van der Waals surface area (Å²) < 4.78 is 6.52. The minimum absolute atomic E-state index is 0.398. The average Bonchev–Trinajstić information content (AvgIpc) is 2.60. The van der Waals surface area contributed by atoms with Gasteiger partial charge in [-0.3, -0.25) is 0 Å². The monoisotopic (exact) mass is 331 g/mol. The molecule has 0 saturated carbocycles. The number of furan rings is 1. The molecule has 16 heavy (non-hydrogen) atoms. The third-order valence-electron chi connectivity index (χ3n) is 2.29. The van der Waals surface area contributed by atoms with Crippen molar-refractivity contribution in [3.05, 3.63) is 33.6 Å². The van der Waals surface area contributed by atoms with Crippen molar-refractivity contribution in [3.8, 4) is 0 Å². The van der Waals surface area contributed by atoms with Crippen LogP contribution in [0.4, 0.5) is 4.79 Å². The molecule has 1 heterocycles. The van der Waals surface area contributed by atoms with E-state index < -0.39 is 6.09 Å². The lowest BCUT2D eigenvalue weighted by Crippen LogP contribution is -2.23. The van der Waals surface area contributed by atoms with Gasteiger partial charge in [0.2, 0.25) is 0 Å². The highest BCUT2D eigenvalue weighted by Gasteiger charge is 2.06. The number of halogens is 1. The number of benzene rings is 1. The van der Waals surface area contributed by atoms with Crippen LogP contribution in [-0.4, -0.2) is 17.7 Å². The maximum absolute atomic E-state index is 10.3. The highest BCUT2D eigenvalue weighted by molar-refractivity contribution is 14.1. The van der Waals surface area contributed by atoms with Crippen LogP contribution in [0.3, 0.4) is 0 Å². The number of carbonyl (C=O) groups is 1. The van der Waals surface area contributed by atoms with Gasteiger partial charge in [0.15, 0.2) is 0 Å². The number of amides is 1. The van der Waals surface area contributed by atoms with Crippen molar-refractivity contribution >= 4 is 39.7 Å². The summed E-state index contributed by atoms with van der Waals surface area (Å²) in [6.45, 7) is 0.398. The zero-order valence-corrected chi connectivity index (χ0v) is 10.5. The van der Waals surface area contributed by atoms with Gasteiger partial charge in [0.25, 0.3) is 0 Å². The van der Waals surface area contributed by atoms with Crippen LogP contribution >= 0.6 is 22.6 Å². The Morgan fingerprint density at radius 3 is 3.06 bits per heavy atom. The van der Waals surface area contributed by atoms with Gasteiger partial charge >= 0.3 is 6.09 Å². The van der Waals surface area contributed by atoms with Gasteiger partial charge < -0.3 is 14.8 Å². The molecule has 0 radical (unpaired) electrons. The summed E-state index contributed by atoms with van der Waals surface area (Å²) in [5.41, 5.74) is 1.87. The standard InChI is InChI=1S/C11H10INO3/c12-8-1-2-10-9(5-8)7(6-16-10)3-4-13-11(14)15/h1-2,5-6,13H,3-4H2,(H,14,15). The molecule has 0 bridgehead atoms. The number of hydrogen-bond donors (Lipinski definition) is 2. The minimum atomic E-state index is -0.998. The predicted octanol–water partition coefficient (Wildman–Crippen LogP) is 2.85. The largest absolute Gasteiger partial charge is 0.465 e. The highest BCUT2D eigenvalue weighted by Crippen LogP contribution is 2.23. The molecule has 0 aliphatic carbocycles. The lowest BCUT2D eigenvalue weighted by atomic mass is 10.1. The maximum Gasteiger partial charge on any atom is 0.404 e. The number of hydrogen-bond acceptors (Lipinski definition) is 2. The number of rotatable bonds is 3. The van der Waals surface area contributed by atoms with Gasteiger partial charge in [-0.2, -0.15) is 0 Å². The van der Waals surface area contributed by atoms with Gasteiger partial charge in [-0.15, -0.1) is 0 Å². The Hall–Kier alpha value is -1.24. The molecule has 0 aliphatic rings. The van der Waals surface area contributed by atoms with Crippen molar-refractivity contribution in [2.75, 3.05) is 6.54 Å². The molecule has 2 rings (SSSR count). The van der Waals surface area contributed by atoms with E-state index in [2.05, 4.69) is 27.9 Å². The Kier molecular flexibility index (Phi) is 3.33. The SMILES string of the molecule is O=C(O)NCCc1coc2ccc(I)cc12. The zero-order chi connectivity index (χ0) is 11.5. The highest BCUT2D eigenvalue weighted by atomic mass is 127. The third kappa shape index (κ3) is 2.46. The van der Waals surface area contributed by atoms with Gasteiger partial charge in [-0.25, -0.2) is 4.79 Å². The van der Waals surface area contributed by atoms with Crippen LogP contribution in [0.25, 0.3) is 11.0 Å². The lowest BCUT2D eigenvalue weighted by Gasteiger charge is -1.99. The van der Waals surface area contributed by atoms with Crippen LogP contribution in [0, 0.1) is 3.57 Å². The molecule has 0 unspecified atom stereocenters. The van der Waals surface area contributed by atoms with Gasteiger partial charge in [0, 0.05) is 15.5 Å². The first-order valence-corrected chi connectivity index (χ1v) is 5.87. The van der Waals surface area contributed by atoms with E-state index in [9.17, 15) is 4.79 Å². The summed E-state index contributed by atoms with van der Waals surface area (Å²) in [6, 6.07) is 5.94. The molecular formula is C11H10INO3. The third-order valence-corrected chi connectivity index (χ3v) is 2.96. The van der Waals surface area contributed by atoms with Crippen LogP contribution in [-0.2, 0) is 6.42 Å². The van der Waals surface area contributed by atoms with Crippen molar-refractivity contribution in [1.82, 2.24) is 5.32 Å². The molecule has 1 amide bonds. The Morgan fingerprint density at radius 2 is 2.31 bits per heavy atom. The summed E-state index contributed by atoms with van der Waals surface area (Å²) >= 11 is 2.24. The van der Waals surface area contributed by atoms with E-state index >= 15 is 0 Å². The first-order valence-electron chi connectivity index (χ1n) is 4.79. The smallest absolute Gasteiger partial charge is 0.404 e. The molecule has 2 N–H and O–H groups in total. The molecule has 1 aromatic carbocycles. The van der Waals surface area contributed by atoms with Crippen LogP contribution in [0.5, 0.6) is 0 Å². The molecule has 84 valence electrons. The van der Waals surface area contributed by atoms with Gasteiger partial charge in [0.05, 0.1) is 6.26 Å². The van der Waals surface area contributed by atoms with Gasteiger partial charge in [-0.1, -0.05) is 0 Å². The van der Waals surface area contributed by atoms with Gasteiger partial charge in [-0.05, 0) is 52.8 Å². The molecule has 0 atom stereocenters. The van der Waals surface area contributed by atoms with Crippen LogP contribution in [0.1, 0.15) is 5.56 Å². The quantitative estimate of drug-likeness (QED) is 0.850. The van der Waals surface area contributed by atoms with Crippen molar-refractivity contribution in [1.29, 1.82) is 0 Å². The average molecular weight is 331 g/mol. The first kappa shape index (κ1) is 11.3. The van der Waals surface area contributed by atoms with E-state index in [4.69, 9.17) is 9.52 Å². The van der Waals surface area contributed by atoms with E-state index in [-0.39, 0.29) is 0 Å². The normalized spacial score (nSPS) is 10.6. The molecule has 5 heteroatoms. The molecular weight excluding hydrogens is 321 g/mol. The molecule has 2 aromatic rings. The van der Waals surface area contributed by atoms with Crippen LogP contribution in [0.2, 0.25) is 0 Å². The summed E-state index contributed by atoms with van der Waals surface area (Å²) in [4.78, 5) is 10.3. The van der Waals surface area contributed by atoms with E-state index in [1.807, 2.05) is 18.2 Å². The zero-order valence-electron chi connectivity index (χ0n) is 8.37. The van der Waals surface area contributed by atoms with Crippen molar-refractivity contribution in [2.24, 2.45) is 0 Å². The Balaban J connectivity index is 2.17. The second-order valence-electron chi connectivity index (χ2n) is 3.38. The van der Waals surface area contributed by atoms with E-state index in [0.717, 1.165) is 20.1 Å². The molecule has 0 spiro atoms. The van der Waals surface area contributed by atoms with E-state index in [1.165, 1.54) is 0 Å². The Bertz CT molecular complexity index is 521. The van der Waals surface area contributed by atoms with Crippen molar-refractivity contribution in [2.45, 2.75) is 6.42 Å². The van der Waals surface area contributed by atoms with E-state index in [1.54, 1.807) is 6.26 Å². The molecule has 4 nitrogen and oxygen atoms in total.